The van der Waals surface area contributed by atoms with Gasteiger partial charge in [-0.15, -0.1) is 0 Å². The molecule has 0 radical (unpaired) electrons. The number of methoxy groups -OCH3 is 1. The fraction of sp³-hybridized carbons (Fsp3) is 0.529. The Labute approximate surface area is 142 Å². The number of hydrogen-bond acceptors (Lipinski definition) is 4. The molecule has 7 heteroatoms. The monoisotopic (exact) mass is 352 g/mol. The van der Waals surface area contributed by atoms with E-state index in [4.69, 9.17) is 9.29 Å². The molecule has 4 rings (SSSR count). The number of nitrogens with one attached hydrogen (secondary N) is 1. The minimum atomic E-state index is -3.67. The Morgan fingerprint density at radius 2 is 2.17 bits per heavy atom. The number of ether oxygens (including phenoxy) is 1. The molecule has 1 aromatic carbocycles. The Morgan fingerprint density at radius 3 is 2.88 bits per heavy atom. The summed E-state index contributed by atoms with van der Waals surface area (Å²) in [6, 6.07) is 7.40. The molecule has 2 N–H and O–H groups in total. The van der Waals surface area contributed by atoms with Crippen LogP contribution < -0.4 is 5.32 Å². The first-order valence-corrected chi connectivity index (χ1v) is 10.0. The van der Waals surface area contributed by atoms with Gasteiger partial charge in [0, 0.05) is 42.8 Å². The van der Waals surface area contributed by atoms with E-state index in [1.54, 1.807) is 18.4 Å². The summed E-state index contributed by atoms with van der Waals surface area (Å²) < 4.78 is 33.7. The zero-order valence-electron chi connectivity index (χ0n) is 14.1. The van der Waals surface area contributed by atoms with E-state index in [-0.39, 0.29) is 0 Å². The van der Waals surface area contributed by atoms with Gasteiger partial charge in [0.15, 0.2) is 0 Å². The molecule has 1 unspecified atom stereocenters. The van der Waals surface area contributed by atoms with Gasteiger partial charge in [-0.25, -0.2) is 0 Å². The SMILES string of the molecule is COCc1ccc2c(c1)c1c3n2CCNC3CCC1.CS(=O)(=O)O. The van der Waals surface area contributed by atoms with Gasteiger partial charge in [0.2, 0.25) is 0 Å². The Hall–Kier alpha value is -1.41. The molecule has 132 valence electrons. The summed E-state index contributed by atoms with van der Waals surface area (Å²) in [6.45, 7) is 2.91. The van der Waals surface area contributed by atoms with Gasteiger partial charge < -0.3 is 14.6 Å². The number of benzene rings is 1. The third-order valence-electron chi connectivity index (χ3n) is 4.56. The van der Waals surface area contributed by atoms with Gasteiger partial charge in [0.25, 0.3) is 10.1 Å². The second kappa shape index (κ2) is 6.84. The molecular weight excluding hydrogens is 328 g/mol. The molecule has 1 aliphatic carbocycles. The van der Waals surface area contributed by atoms with Crippen molar-refractivity contribution in [2.45, 2.75) is 38.5 Å². The summed E-state index contributed by atoms with van der Waals surface area (Å²) in [5.41, 5.74) is 5.83. The van der Waals surface area contributed by atoms with Gasteiger partial charge in [-0.3, -0.25) is 4.55 Å². The lowest BCUT2D eigenvalue weighted by Crippen LogP contribution is -2.35. The average molecular weight is 352 g/mol. The van der Waals surface area contributed by atoms with E-state index in [0.29, 0.717) is 18.9 Å². The quantitative estimate of drug-likeness (QED) is 0.811. The lowest BCUT2D eigenvalue weighted by Gasteiger charge is -2.31. The number of rotatable bonds is 2. The highest BCUT2D eigenvalue weighted by molar-refractivity contribution is 7.85. The van der Waals surface area contributed by atoms with Crippen molar-refractivity contribution in [1.29, 1.82) is 0 Å². The molecule has 1 aromatic heterocycles. The highest BCUT2D eigenvalue weighted by Gasteiger charge is 2.29. The van der Waals surface area contributed by atoms with Crippen LogP contribution in [-0.4, -0.2) is 37.4 Å². The summed E-state index contributed by atoms with van der Waals surface area (Å²) in [5.74, 6) is 0. The van der Waals surface area contributed by atoms with Gasteiger partial charge in [0.05, 0.1) is 12.9 Å². The number of nitrogens with zero attached hydrogens (tertiary/aromatic N) is 1. The molecule has 1 aliphatic heterocycles. The lowest BCUT2D eigenvalue weighted by molar-refractivity contribution is 0.185. The largest absolute Gasteiger partial charge is 0.380 e. The maximum Gasteiger partial charge on any atom is 0.261 e. The van der Waals surface area contributed by atoms with E-state index in [1.807, 2.05) is 0 Å². The lowest BCUT2D eigenvalue weighted by atomic mass is 9.90. The number of hydrogen-bond donors (Lipinski definition) is 2. The molecule has 0 fully saturated rings. The van der Waals surface area contributed by atoms with Crippen molar-refractivity contribution in [2.24, 2.45) is 0 Å². The maximum absolute atomic E-state index is 9.19. The Bertz CT molecular complexity index is 832. The summed E-state index contributed by atoms with van der Waals surface area (Å²) in [7, 11) is -1.90. The molecule has 0 bridgehead atoms. The molecule has 1 atom stereocenters. The van der Waals surface area contributed by atoms with Gasteiger partial charge in [-0.2, -0.15) is 8.42 Å². The van der Waals surface area contributed by atoms with Crippen molar-refractivity contribution < 1.29 is 17.7 Å². The van der Waals surface area contributed by atoms with E-state index in [9.17, 15) is 8.42 Å². The van der Waals surface area contributed by atoms with E-state index >= 15 is 0 Å². The van der Waals surface area contributed by atoms with E-state index < -0.39 is 10.1 Å². The van der Waals surface area contributed by atoms with Crippen LogP contribution in [0.5, 0.6) is 0 Å². The third kappa shape index (κ3) is 3.64. The highest BCUT2D eigenvalue weighted by Crippen LogP contribution is 2.39. The zero-order valence-corrected chi connectivity index (χ0v) is 14.9. The molecule has 6 nitrogen and oxygen atoms in total. The van der Waals surface area contributed by atoms with Crippen LogP contribution >= 0.6 is 0 Å². The standard InChI is InChI=1S/C16H20N2O.CH4O3S/c1-19-10-11-5-6-15-13(9-11)12-3-2-4-14-16(12)18(15)8-7-17-14;1-5(2,3)4/h5-6,9,14,17H,2-4,7-8,10H2,1H3;1H3,(H,2,3,4). The van der Waals surface area contributed by atoms with Crippen molar-refractivity contribution >= 4 is 21.0 Å². The molecule has 2 aliphatic rings. The van der Waals surface area contributed by atoms with Gasteiger partial charge in [-0.05, 0) is 42.5 Å². The first-order chi connectivity index (χ1) is 11.4. The van der Waals surface area contributed by atoms with Crippen molar-refractivity contribution in [3.8, 4) is 0 Å². The highest BCUT2D eigenvalue weighted by atomic mass is 32.2. The van der Waals surface area contributed by atoms with Crippen LogP contribution in [0.15, 0.2) is 18.2 Å². The Kier molecular flexibility index (Phi) is 4.96. The first-order valence-electron chi connectivity index (χ1n) is 8.17. The number of aromatic nitrogens is 1. The molecule has 2 heterocycles. The summed E-state index contributed by atoms with van der Waals surface area (Å²) >= 11 is 0. The zero-order chi connectivity index (χ0) is 17.3. The maximum atomic E-state index is 9.19. The molecule has 0 saturated carbocycles. The molecule has 0 saturated heterocycles. The average Bonchev–Trinajstić information content (AvgIpc) is 2.83. The van der Waals surface area contributed by atoms with Crippen LogP contribution in [0.25, 0.3) is 10.9 Å². The molecule has 0 amide bonds. The third-order valence-corrected chi connectivity index (χ3v) is 4.56. The van der Waals surface area contributed by atoms with Crippen LogP contribution in [0.1, 0.15) is 35.7 Å². The second-order valence-corrected chi connectivity index (χ2v) is 7.90. The van der Waals surface area contributed by atoms with E-state index in [2.05, 4.69) is 28.1 Å². The van der Waals surface area contributed by atoms with Crippen molar-refractivity contribution in [1.82, 2.24) is 9.88 Å². The predicted molar refractivity (Wildman–Crippen MR) is 93.8 cm³/mol. The van der Waals surface area contributed by atoms with Crippen LogP contribution in [0.2, 0.25) is 0 Å². The van der Waals surface area contributed by atoms with Gasteiger partial charge in [-0.1, -0.05) is 6.07 Å². The Balaban J connectivity index is 0.000000300. The minimum Gasteiger partial charge on any atom is -0.380 e. The minimum absolute atomic E-state index is 0.579. The summed E-state index contributed by atoms with van der Waals surface area (Å²) in [6.07, 6.45) is 4.53. The predicted octanol–water partition coefficient (Wildman–Crippen LogP) is 2.27. The molecule has 2 aromatic rings. The van der Waals surface area contributed by atoms with Crippen LogP contribution in [-0.2, 0) is 34.4 Å². The van der Waals surface area contributed by atoms with Crippen LogP contribution in [0, 0.1) is 0 Å². The smallest absolute Gasteiger partial charge is 0.261 e. The summed E-state index contributed by atoms with van der Waals surface area (Å²) in [4.78, 5) is 0. The molecule has 0 spiro atoms. The van der Waals surface area contributed by atoms with Gasteiger partial charge in [0.1, 0.15) is 0 Å². The van der Waals surface area contributed by atoms with Crippen molar-refractivity contribution in [3.63, 3.8) is 0 Å². The van der Waals surface area contributed by atoms with Crippen molar-refractivity contribution in [3.05, 3.63) is 35.0 Å². The fourth-order valence-corrected chi connectivity index (χ4v) is 3.82. The molecular formula is C17H24N2O4S. The fourth-order valence-electron chi connectivity index (χ4n) is 3.82. The van der Waals surface area contributed by atoms with E-state index in [0.717, 1.165) is 13.1 Å². The topological polar surface area (TPSA) is 80.6 Å². The normalized spacial score (nSPS) is 19.5. The Morgan fingerprint density at radius 1 is 1.42 bits per heavy atom. The van der Waals surface area contributed by atoms with E-state index in [1.165, 1.54) is 35.7 Å². The van der Waals surface area contributed by atoms with Crippen LogP contribution in [0.3, 0.4) is 0 Å². The summed E-state index contributed by atoms with van der Waals surface area (Å²) in [5, 5.41) is 5.13. The first kappa shape index (κ1) is 17.4. The van der Waals surface area contributed by atoms with Gasteiger partial charge >= 0.3 is 0 Å². The number of aryl methyl sites for hydroxylation is 1. The van der Waals surface area contributed by atoms with Crippen molar-refractivity contribution in [2.75, 3.05) is 19.9 Å². The molecule has 24 heavy (non-hydrogen) atoms. The van der Waals surface area contributed by atoms with Crippen LogP contribution in [0.4, 0.5) is 0 Å². The number of fused-ring (bicyclic) bond motifs is 3. The second-order valence-electron chi connectivity index (χ2n) is 6.43.